The van der Waals surface area contributed by atoms with E-state index < -0.39 is 16.7 Å². The van der Waals surface area contributed by atoms with Gasteiger partial charge in [-0.3, -0.25) is 9.00 Å². The van der Waals surface area contributed by atoms with E-state index >= 15 is 0 Å². The fraction of sp³-hybridized carbons (Fsp3) is 0.417. The number of nitrogens with two attached hydrogens (primary N) is 2. The Hall–Kier alpha value is -1.20. The zero-order valence-electron chi connectivity index (χ0n) is 9.46. The fourth-order valence-corrected chi connectivity index (χ4v) is 3.66. The van der Waals surface area contributed by atoms with Gasteiger partial charge in [-0.05, 0) is 24.0 Å². The lowest BCUT2D eigenvalue weighted by Crippen LogP contribution is -2.37. The molecule has 0 saturated carbocycles. The van der Waals surface area contributed by atoms with E-state index in [-0.39, 0.29) is 17.0 Å². The van der Waals surface area contributed by atoms with E-state index in [9.17, 15) is 9.00 Å². The average molecular weight is 252 g/mol. The molecule has 1 amide bonds. The number of hydrogen-bond acceptors (Lipinski definition) is 3. The quantitative estimate of drug-likeness (QED) is 0.807. The lowest BCUT2D eigenvalue weighted by Gasteiger charge is -2.30. The van der Waals surface area contributed by atoms with E-state index in [2.05, 4.69) is 0 Å². The Labute approximate surface area is 103 Å². The number of primary amides is 1. The predicted octanol–water partition coefficient (Wildman–Crippen LogP) is 0.235. The van der Waals surface area contributed by atoms with Gasteiger partial charge in [-0.1, -0.05) is 24.3 Å². The topological polar surface area (TPSA) is 86.2 Å². The first-order valence-corrected chi connectivity index (χ1v) is 6.96. The molecule has 92 valence electrons. The molecule has 3 unspecified atom stereocenters. The van der Waals surface area contributed by atoms with Crippen LogP contribution in [-0.2, 0) is 22.0 Å². The Morgan fingerprint density at radius 2 is 2.12 bits per heavy atom. The van der Waals surface area contributed by atoms with Crippen LogP contribution in [0.4, 0.5) is 0 Å². The first-order valence-electron chi connectivity index (χ1n) is 5.58. The number of amides is 1. The third-order valence-corrected chi connectivity index (χ3v) is 4.91. The normalized spacial score (nSPS) is 25.0. The highest BCUT2D eigenvalue weighted by Crippen LogP contribution is 2.31. The van der Waals surface area contributed by atoms with Crippen molar-refractivity contribution in [2.45, 2.75) is 24.1 Å². The number of carbonyl (C=O) groups is 1. The van der Waals surface area contributed by atoms with E-state index in [1.165, 1.54) is 5.56 Å². The van der Waals surface area contributed by atoms with E-state index in [4.69, 9.17) is 11.5 Å². The van der Waals surface area contributed by atoms with E-state index in [0.717, 1.165) is 18.4 Å². The smallest absolute Gasteiger partial charge is 0.230 e. The molecule has 0 radical (unpaired) electrons. The Morgan fingerprint density at radius 1 is 1.41 bits per heavy atom. The van der Waals surface area contributed by atoms with Crippen molar-refractivity contribution in [3.8, 4) is 0 Å². The Balaban J connectivity index is 2.20. The first-order chi connectivity index (χ1) is 8.09. The Kier molecular flexibility index (Phi) is 3.59. The van der Waals surface area contributed by atoms with Gasteiger partial charge >= 0.3 is 0 Å². The largest absolute Gasteiger partial charge is 0.369 e. The number of fused-ring (bicyclic) bond motifs is 1. The van der Waals surface area contributed by atoms with Crippen LogP contribution < -0.4 is 11.5 Å². The highest BCUT2D eigenvalue weighted by Gasteiger charge is 2.31. The Bertz CT molecular complexity index is 462. The molecule has 4 nitrogen and oxygen atoms in total. The molecule has 0 bridgehead atoms. The van der Waals surface area contributed by atoms with Gasteiger partial charge in [-0.15, -0.1) is 0 Å². The van der Waals surface area contributed by atoms with Crippen molar-refractivity contribution >= 4 is 16.7 Å². The molecule has 17 heavy (non-hydrogen) atoms. The van der Waals surface area contributed by atoms with Crippen LogP contribution in [0.25, 0.3) is 0 Å². The number of benzene rings is 1. The van der Waals surface area contributed by atoms with Crippen LogP contribution in [0.2, 0.25) is 0 Å². The van der Waals surface area contributed by atoms with Crippen LogP contribution in [0, 0.1) is 0 Å². The molecule has 1 aliphatic carbocycles. The molecule has 3 atom stereocenters. The second kappa shape index (κ2) is 4.98. The SMILES string of the molecule is NC(=O)CS(=O)C1CCc2ccccc2C1N. The van der Waals surface area contributed by atoms with Crippen LogP contribution in [0.15, 0.2) is 24.3 Å². The number of rotatable bonds is 3. The maximum absolute atomic E-state index is 12.0. The van der Waals surface area contributed by atoms with E-state index in [0.29, 0.717) is 0 Å². The second-order valence-electron chi connectivity index (χ2n) is 4.29. The maximum atomic E-state index is 12.0. The van der Waals surface area contributed by atoms with Gasteiger partial charge in [0, 0.05) is 16.8 Å². The highest BCUT2D eigenvalue weighted by molar-refractivity contribution is 7.86. The van der Waals surface area contributed by atoms with Crippen LogP contribution in [0.3, 0.4) is 0 Å². The summed E-state index contributed by atoms with van der Waals surface area (Å²) < 4.78 is 12.0. The number of carbonyl (C=O) groups excluding carboxylic acids is 1. The van der Waals surface area contributed by atoms with Crippen LogP contribution in [-0.4, -0.2) is 21.1 Å². The van der Waals surface area contributed by atoms with Crippen molar-refractivity contribution in [1.82, 2.24) is 0 Å². The minimum atomic E-state index is -1.27. The summed E-state index contributed by atoms with van der Waals surface area (Å²) in [5.74, 6) is -0.630. The summed E-state index contributed by atoms with van der Waals surface area (Å²) >= 11 is 0. The third-order valence-electron chi connectivity index (χ3n) is 3.14. The van der Waals surface area contributed by atoms with Gasteiger partial charge in [0.05, 0.1) is 5.25 Å². The molecule has 1 aromatic rings. The van der Waals surface area contributed by atoms with Gasteiger partial charge in [0.2, 0.25) is 5.91 Å². The molecule has 0 fully saturated rings. The lowest BCUT2D eigenvalue weighted by atomic mass is 9.88. The summed E-state index contributed by atoms with van der Waals surface area (Å²) in [4.78, 5) is 10.8. The van der Waals surface area contributed by atoms with Crippen molar-refractivity contribution in [3.63, 3.8) is 0 Å². The molecule has 1 aromatic carbocycles. The molecule has 2 rings (SSSR count). The monoisotopic (exact) mass is 252 g/mol. The van der Waals surface area contributed by atoms with Crippen LogP contribution in [0.5, 0.6) is 0 Å². The maximum Gasteiger partial charge on any atom is 0.230 e. The highest BCUT2D eigenvalue weighted by atomic mass is 32.2. The van der Waals surface area contributed by atoms with E-state index in [1.807, 2.05) is 24.3 Å². The van der Waals surface area contributed by atoms with Gasteiger partial charge in [0.15, 0.2) is 0 Å². The minimum Gasteiger partial charge on any atom is -0.369 e. The van der Waals surface area contributed by atoms with Crippen molar-refractivity contribution in [1.29, 1.82) is 0 Å². The van der Waals surface area contributed by atoms with Crippen molar-refractivity contribution in [2.24, 2.45) is 11.5 Å². The van der Waals surface area contributed by atoms with Crippen molar-refractivity contribution < 1.29 is 9.00 Å². The van der Waals surface area contributed by atoms with Crippen LogP contribution in [0.1, 0.15) is 23.6 Å². The number of aryl methyl sites for hydroxylation is 1. The molecular weight excluding hydrogens is 236 g/mol. The van der Waals surface area contributed by atoms with Crippen LogP contribution >= 0.6 is 0 Å². The lowest BCUT2D eigenvalue weighted by molar-refractivity contribution is -0.115. The van der Waals surface area contributed by atoms with Crippen molar-refractivity contribution in [3.05, 3.63) is 35.4 Å². The Morgan fingerprint density at radius 3 is 2.82 bits per heavy atom. The molecule has 0 aliphatic heterocycles. The average Bonchev–Trinajstić information content (AvgIpc) is 2.28. The summed E-state index contributed by atoms with van der Waals surface area (Å²) in [6.45, 7) is 0. The minimum absolute atomic E-state index is 0.0967. The van der Waals surface area contributed by atoms with Crippen molar-refractivity contribution in [2.75, 3.05) is 5.75 Å². The molecule has 1 aliphatic rings. The second-order valence-corrected chi connectivity index (χ2v) is 5.95. The van der Waals surface area contributed by atoms with Gasteiger partial charge in [-0.2, -0.15) is 0 Å². The van der Waals surface area contributed by atoms with Gasteiger partial charge in [0.25, 0.3) is 0 Å². The summed E-state index contributed by atoms with van der Waals surface area (Å²) in [5.41, 5.74) is 13.4. The zero-order valence-corrected chi connectivity index (χ0v) is 10.3. The van der Waals surface area contributed by atoms with Gasteiger partial charge in [-0.25, -0.2) is 0 Å². The zero-order chi connectivity index (χ0) is 12.4. The van der Waals surface area contributed by atoms with Gasteiger partial charge in [0.1, 0.15) is 5.75 Å². The molecule has 0 aromatic heterocycles. The van der Waals surface area contributed by atoms with E-state index in [1.54, 1.807) is 0 Å². The summed E-state index contributed by atoms with van der Waals surface area (Å²) in [7, 11) is -1.27. The molecule has 4 N–H and O–H groups in total. The molecule has 0 spiro atoms. The fourth-order valence-electron chi connectivity index (χ4n) is 2.31. The summed E-state index contributed by atoms with van der Waals surface area (Å²) in [6.07, 6.45) is 1.61. The summed E-state index contributed by atoms with van der Waals surface area (Å²) in [6, 6.07) is 7.65. The molecular formula is C12H16N2O2S. The molecule has 5 heteroatoms. The first kappa shape index (κ1) is 12.3. The molecule has 0 heterocycles. The molecule has 0 saturated heterocycles. The number of hydrogen-bond donors (Lipinski definition) is 2. The summed E-state index contributed by atoms with van der Waals surface area (Å²) in [5, 5.41) is -0.169. The predicted molar refractivity (Wildman–Crippen MR) is 67.7 cm³/mol. The van der Waals surface area contributed by atoms with Gasteiger partial charge < -0.3 is 11.5 Å². The third kappa shape index (κ3) is 2.56. The standard InChI is InChI=1S/C12H16N2O2S/c13-11(15)7-17(16)10-6-5-8-3-1-2-4-9(8)12(10)14/h1-4,10,12H,5-7,14H2,(H2,13,15).